The molecule has 0 N–H and O–H groups in total. The van der Waals surface area contributed by atoms with Crippen molar-refractivity contribution in [3.8, 4) is 11.8 Å². The third kappa shape index (κ3) is 2.27. The molecule has 2 heteroatoms. The van der Waals surface area contributed by atoms with Crippen molar-refractivity contribution in [1.82, 2.24) is 4.90 Å². The molecule has 1 rings (SSSR count). The van der Waals surface area contributed by atoms with E-state index in [1.54, 1.807) is 11.8 Å². The summed E-state index contributed by atoms with van der Waals surface area (Å²) in [6.45, 7) is 4.46. The highest BCUT2D eigenvalue weighted by atomic mass is 16.2. The monoisotopic (exact) mass is 150 g/mol. The fourth-order valence-corrected chi connectivity index (χ4v) is 1.13. The van der Waals surface area contributed by atoms with Gasteiger partial charge in [-0.05, 0) is 32.1 Å². The number of piperidine rings is 1. The van der Waals surface area contributed by atoms with Gasteiger partial charge in [0.25, 0.3) is 5.91 Å². The van der Waals surface area contributed by atoms with E-state index in [4.69, 9.17) is 0 Å². The normalized spacial score (nSPS) is 17.0. The summed E-state index contributed by atoms with van der Waals surface area (Å²) in [4.78, 5) is 12.8. The van der Waals surface area contributed by atoms with Crippen molar-refractivity contribution in [2.45, 2.75) is 26.2 Å². The van der Waals surface area contributed by atoms with Crippen LogP contribution in [0.3, 0.4) is 0 Å². The van der Waals surface area contributed by atoms with Gasteiger partial charge in [0.15, 0.2) is 0 Å². The van der Waals surface area contributed by atoms with E-state index in [1.165, 1.54) is 6.42 Å². The van der Waals surface area contributed by atoms with Crippen LogP contribution in [0.5, 0.6) is 0 Å². The molecule has 11 heavy (non-hydrogen) atoms. The lowest BCUT2D eigenvalue weighted by atomic mass is 10.1. The number of nitrogens with zero attached hydrogens (tertiary/aromatic N) is 1. The molecule has 2 nitrogen and oxygen atoms in total. The Bertz CT molecular complexity index is 193. The Kier molecular flexibility index (Phi) is 2.97. The van der Waals surface area contributed by atoms with Crippen LogP contribution < -0.4 is 0 Å². The van der Waals surface area contributed by atoms with Crippen molar-refractivity contribution in [1.29, 1.82) is 0 Å². The van der Waals surface area contributed by atoms with Crippen LogP contribution in [-0.2, 0) is 4.79 Å². The van der Waals surface area contributed by atoms with Gasteiger partial charge in [-0.3, -0.25) is 4.79 Å². The molecule has 0 aromatic carbocycles. The third-order valence-electron chi connectivity index (χ3n) is 1.70. The molecule has 0 atom stereocenters. The predicted octanol–water partition coefficient (Wildman–Crippen LogP) is 1.18. The second-order valence-electron chi connectivity index (χ2n) is 2.55. The van der Waals surface area contributed by atoms with Crippen LogP contribution >= 0.6 is 0 Å². The molecule has 1 aliphatic rings. The van der Waals surface area contributed by atoms with Crippen molar-refractivity contribution in [3.05, 3.63) is 6.54 Å². The maximum Gasteiger partial charge on any atom is 0.298 e. The van der Waals surface area contributed by atoms with Gasteiger partial charge >= 0.3 is 0 Å². The van der Waals surface area contributed by atoms with E-state index < -0.39 is 0 Å². The summed E-state index contributed by atoms with van der Waals surface area (Å²) < 4.78 is 0. The van der Waals surface area contributed by atoms with E-state index in [1.807, 2.05) is 6.54 Å². The molecule has 0 bridgehead atoms. The van der Waals surface area contributed by atoms with Gasteiger partial charge in [0.05, 0.1) is 6.54 Å². The minimum atomic E-state index is -0.0628. The lowest BCUT2D eigenvalue weighted by Gasteiger charge is -2.23. The molecule has 0 aromatic rings. The number of likely N-dealkylation sites (tertiary alicyclic amines) is 1. The van der Waals surface area contributed by atoms with Crippen molar-refractivity contribution in [2.75, 3.05) is 6.54 Å². The van der Waals surface area contributed by atoms with Gasteiger partial charge in [-0.15, -0.1) is 0 Å². The summed E-state index contributed by atoms with van der Waals surface area (Å²) in [6.07, 6.45) is 3.31. The van der Waals surface area contributed by atoms with Crippen LogP contribution in [0.4, 0.5) is 0 Å². The Morgan fingerprint density at radius 3 is 2.91 bits per heavy atom. The summed E-state index contributed by atoms with van der Waals surface area (Å²) in [5.74, 6) is 5.06. The van der Waals surface area contributed by atoms with Gasteiger partial charge < -0.3 is 4.90 Å². The number of hydrogen-bond acceptors (Lipinski definition) is 1. The highest BCUT2D eigenvalue weighted by Gasteiger charge is 2.13. The number of rotatable bonds is 0. The van der Waals surface area contributed by atoms with Crippen LogP contribution in [0.1, 0.15) is 26.2 Å². The molecule has 1 aliphatic heterocycles. The largest absolute Gasteiger partial charge is 0.327 e. The van der Waals surface area contributed by atoms with Gasteiger partial charge in [-0.25, -0.2) is 0 Å². The van der Waals surface area contributed by atoms with Crippen LogP contribution in [0, 0.1) is 18.4 Å². The van der Waals surface area contributed by atoms with Crippen molar-refractivity contribution in [3.63, 3.8) is 0 Å². The first-order chi connectivity index (χ1) is 5.34. The van der Waals surface area contributed by atoms with Gasteiger partial charge in [-0.2, -0.15) is 0 Å². The Hall–Kier alpha value is -0.970. The van der Waals surface area contributed by atoms with Crippen molar-refractivity contribution >= 4 is 5.91 Å². The van der Waals surface area contributed by atoms with Crippen LogP contribution in [0.2, 0.25) is 0 Å². The van der Waals surface area contributed by atoms with Crippen LogP contribution in [0.15, 0.2) is 0 Å². The third-order valence-corrected chi connectivity index (χ3v) is 1.70. The highest BCUT2D eigenvalue weighted by molar-refractivity contribution is 5.93. The van der Waals surface area contributed by atoms with E-state index in [0.29, 0.717) is 0 Å². The highest BCUT2D eigenvalue weighted by Crippen LogP contribution is 2.11. The molecular weight excluding hydrogens is 138 g/mol. The van der Waals surface area contributed by atoms with Crippen molar-refractivity contribution in [2.24, 2.45) is 0 Å². The minimum absolute atomic E-state index is 0.0628. The molecule has 59 valence electrons. The van der Waals surface area contributed by atoms with Crippen molar-refractivity contribution < 1.29 is 4.79 Å². The molecular formula is C9H12NO. The standard InChI is InChI=1S/C9H12NO/c1-2-6-9(11)10-7-4-3-5-8-10/h7H,3-5,8H2,1H3. The first-order valence-electron chi connectivity index (χ1n) is 3.91. The van der Waals surface area contributed by atoms with Crippen LogP contribution in [-0.4, -0.2) is 17.4 Å². The number of hydrogen-bond donors (Lipinski definition) is 0. The average Bonchev–Trinajstić information content (AvgIpc) is 2.07. The van der Waals surface area contributed by atoms with Gasteiger partial charge in [-0.1, -0.05) is 5.92 Å². The van der Waals surface area contributed by atoms with E-state index in [-0.39, 0.29) is 5.91 Å². The van der Waals surface area contributed by atoms with Gasteiger partial charge in [0.2, 0.25) is 0 Å². The number of carbonyl (C=O) groups excluding carboxylic acids is 1. The lowest BCUT2D eigenvalue weighted by molar-refractivity contribution is -0.124. The quantitative estimate of drug-likeness (QED) is 0.475. The smallest absolute Gasteiger partial charge is 0.298 e. The van der Waals surface area contributed by atoms with E-state index in [0.717, 1.165) is 19.4 Å². The maximum atomic E-state index is 11.1. The molecule has 1 radical (unpaired) electrons. The Morgan fingerprint density at radius 2 is 2.36 bits per heavy atom. The topological polar surface area (TPSA) is 20.3 Å². The molecule has 1 fully saturated rings. The Labute approximate surface area is 67.6 Å². The minimum Gasteiger partial charge on any atom is -0.327 e. The predicted molar refractivity (Wildman–Crippen MR) is 43.3 cm³/mol. The summed E-state index contributed by atoms with van der Waals surface area (Å²) in [6, 6.07) is 0. The molecule has 1 saturated heterocycles. The second-order valence-corrected chi connectivity index (χ2v) is 2.55. The van der Waals surface area contributed by atoms with Crippen LogP contribution in [0.25, 0.3) is 0 Å². The Morgan fingerprint density at radius 1 is 1.55 bits per heavy atom. The number of amides is 1. The maximum absolute atomic E-state index is 11.1. The van der Waals surface area contributed by atoms with Gasteiger partial charge in [0, 0.05) is 6.54 Å². The van der Waals surface area contributed by atoms with E-state index in [2.05, 4.69) is 11.8 Å². The molecule has 1 amide bonds. The summed E-state index contributed by atoms with van der Waals surface area (Å²) >= 11 is 0. The molecule has 0 spiro atoms. The first kappa shape index (κ1) is 8.13. The Balaban J connectivity index is 2.43. The lowest BCUT2D eigenvalue weighted by Crippen LogP contribution is -2.30. The number of carbonyl (C=O) groups is 1. The molecule has 1 heterocycles. The zero-order valence-corrected chi connectivity index (χ0v) is 6.76. The zero-order valence-electron chi connectivity index (χ0n) is 6.76. The average molecular weight is 150 g/mol. The SMILES string of the molecule is CC#CC(=O)N1[CH]CCCC1. The molecule has 0 aliphatic carbocycles. The molecule has 0 aromatic heterocycles. The molecule has 0 saturated carbocycles. The van der Waals surface area contributed by atoms with E-state index >= 15 is 0 Å². The molecule has 0 unspecified atom stereocenters. The first-order valence-corrected chi connectivity index (χ1v) is 3.91. The zero-order chi connectivity index (χ0) is 8.10. The van der Waals surface area contributed by atoms with E-state index in [9.17, 15) is 4.79 Å². The fourth-order valence-electron chi connectivity index (χ4n) is 1.13. The van der Waals surface area contributed by atoms with Gasteiger partial charge in [0.1, 0.15) is 0 Å². The second kappa shape index (κ2) is 4.02. The summed E-state index contributed by atoms with van der Waals surface area (Å²) in [5, 5.41) is 0. The summed E-state index contributed by atoms with van der Waals surface area (Å²) in [7, 11) is 0. The fraction of sp³-hybridized carbons (Fsp3) is 0.556. The summed E-state index contributed by atoms with van der Waals surface area (Å²) in [5.41, 5.74) is 0.